The molecule has 2 rings (SSSR count). The molecule has 0 radical (unpaired) electrons. The molecule has 0 spiro atoms. The van der Waals surface area contributed by atoms with Crippen molar-refractivity contribution in [3.8, 4) is 0 Å². The molecule has 0 aliphatic heterocycles. The van der Waals surface area contributed by atoms with Crippen LogP contribution in [0, 0.1) is 5.82 Å². The summed E-state index contributed by atoms with van der Waals surface area (Å²) < 4.78 is 16.4. The quantitative estimate of drug-likeness (QED) is 0.939. The lowest BCUT2D eigenvalue weighted by molar-refractivity contribution is 0.552. The Labute approximate surface area is 120 Å². The summed E-state index contributed by atoms with van der Waals surface area (Å²) in [7, 11) is 1.86. The summed E-state index contributed by atoms with van der Waals surface area (Å²) >= 11 is 3.53. The van der Waals surface area contributed by atoms with Crippen molar-refractivity contribution in [1.29, 1.82) is 0 Å². The van der Waals surface area contributed by atoms with Crippen LogP contribution in [0.3, 0.4) is 0 Å². The lowest BCUT2D eigenvalue weighted by Crippen LogP contribution is -2.18. The summed E-state index contributed by atoms with van der Waals surface area (Å²) in [6.45, 7) is 2.04. The van der Waals surface area contributed by atoms with E-state index in [2.05, 4.69) is 26.0 Å². The lowest BCUT2D eigenvalue weighted by Gasteiger charge is -2.12. The van der Waals surface area contributed by atoms with Crippen molar-refractivity contribution in [2.75, 3.05) is 0 Å². The van der Waals surface area contributed by atoms with E-state index in [0.717, 1.165) is 22.3 Å². The molecule has 0 bridgehead atoms. The van der Waals surface area contributed by atoms with E-state index < -0.39 is 6.04 Å². The SMILES string of the molecule is CCc1nn(C)c(CC(N)c2ncccc2F)c1Br. The maximum atomic E-state index is 13.6. The first kappa shape index (κ1) is 14.1. The molecule has 0 aromatic carbocycles. The van der Waals surface area contributed by atoms with Gasteiger partial charge in [0.2, 0.25) is 0 Å². The third-order valence-corrected chi connectivity index (χ3v) is 3.97. The second-order valence-electron chi connectivity index (χ2n) is 4.37. The average molecular weight is 327 g/mol. The second kappa shape index (κ2) is 5.79. The van der Waals surface area contributed by atoms with Gasteiger partial charge >= 0.3 is 0 Å². The summed E-state index contributed by atoms with van der Waals surface area (Å²) in [5.41, 5.74) is 8.27. The van der Waals surface area contributed by atoms with Gasteiger partial charge in [0.15, 0.2) is 0 Å². The molecular weight excluding hydrogens is 311 g/mol. The molecule has 0 fully saturated rings. The van der Waals surface area contributed by atoms with E-state index in [1.54, 1.807) is 16.9 Å². The summed E-state index contributed by atoms with van der Waals surface area (Å²) in [6, 6.07) is 2.44. The highest BCUT2D eigenvalue weighted by molar-refractivity contribution is 9.10. The predicted octanol–water partition coefficient (Wildman–Crippen LogP) is 2.52. The smallest absolute Gasteiger partial charge is 0.146 e. The molecule has 19 heavy (non-hydrogen) atoms. The molecule has 0 saturated carbocycles. The van der Waals surface area contributed by atoms with E-state index in [1.165, 1.54) is 6.07 Å². The highest BCUT2D eigenvalue weighted by atomic mass is 79.9. The first-order chi connectivity index (χ1) is 9.04. The van der Waals surface area contributed by atoms with E-state index in [0.29, 0.717) is 6.42 Å². The number of halogens is 2. The van der Waals surface area contributed by atoms with Crippen molar-refractivity contribution in [2.45, 2.75) is 25.8 Å². The van der Waals surface area contributed by atoms with Gasteiger partial charge in [-0.3, -0.25) is 9.67 Å². The van der Waals surface area contributed by atoms with Gasteiger partial charge < -0.3 is 5.73 Å². The van der Waals surface area contributed by atoms with E-state index in [4.69, 9.17) is 5.73 Å². The van der Waals surface area contributed by atoms with Gasteiger partial charge in [0.1, 0.15) is 5.82 Å². The lowest BCUT2D eigenvalue weighted by atomic mass is 10.1. The summed E-state index contributed by atoms with van der Waals surface area (Å²) in [4.78, 5) is 4.02. The largest absolute Gasteiger partial charge is 0.322 e. The highest BCUT2D eigenvalue weighted by Gasteiger charge is 2.19. The molecule has 0 amide bonds. The highest BCUT2D eigenvalue weighted by Crippen LogP contribution is 2.25. The fourth-order valence-corrected chi connectivity index (χ4v) is 2.80. The Morgan fingerprint density at radius 3 is 2.84 bits per heavy atom. The predicted molar refractivity (Wildman–Crippen MR) is 75.1 cm³/mol. The van der Waals surface area contributed by atoms with Gasteiger partial charge in [0, 0.05) is 19.7 Å². The number of aryl methyl sites for hydroxylation is 2. The van der Waals surface area contributed by atoms with Crippen LogP contribution in [0.15, 0.2) is 22.8 Å². The van der Waals surface area contributed by atoms with Crippen LogP contribution in [-0.2, 0) is 19.9 Å². The van der Waals surface area contributed by atoms with Crippen molar-refractivity contribution >= 4 is 15.9 Å². The van der Waals surface area contributed by atoms with E-state index >= 15 is 0 Å². The van der Waals surface area contributed by atoms with Gasteiger partial charge in [-0.25, -0.2) is 4.39 Å². The minimum atomic E-state index is -0.488. The van der Waals surface area contributed by atoms with Gasteiger partial charge in [-0.2, -0.15) is 5.10 Å². The van der Waals surface area contributed by atoms with E-state index in [9.17, 15) is 4.39 Å². The fraction of sp³-hybridized carbons (Fsp3) is 0.385. The van der Waals surface area contributed by atoms with Crippen molar-refractivity contribution in [3.63, 3.8) is 0 Å². The minimum absolute atomic E-state index is 0.286. The Hall–Kier alpha value is -1.27. The molecule has 2 aromatic heterocycles. The number of hydrogen-bond donors (Lipinski definition) is 1. The minimum Gasteiger partial charge on any atom is -0.322 e. The number of nitrogens with zero attached hydrogens (tertiary/aromatic N) is 3. The Bertz CT molecular complexity index is 582. The Kier molecular flexibility index (Phi) is 4.31. The standard InChI is InChI=1S/C13H16BrFN4/c1-3-10-12(14)11(19(2)18-10)7-9(16)13-8(15)5-4-6-17-13/h4-6,9H,3,7,16H2,1-2H3. The summed E-state index contributed by atoms with van der Waals surface area (Å²) in [5, 5.41) is 4.40. The van der Waals surface area contributed by atoms with Crippen molar-refractivity contribution in [2.24, 2.45) is 12.8 Å². The van der Waals surface area contributed by atoms with Crippen molar-refractivity contribution in [3.05, 3.63) is 45.7 Å². The van der Waals surface area contributed by atoms with Crippen LogP contribution in [0.4, 0.5) is 4.39 Å². The maximum absolute atomic E-state index is 13.6. The molecular formula is C13H16BrFN4. The van der Waals surface area contributed by atoms with Gasteiger partial charge in [0.05, 0.1) is 27.6 Å². The first-order valence-electron chi connectivity index (χ1n) is 6.10. The molecule has 1 atom stereocenters. The molecule has 6 heteroatoms. The fourth-order valence-electron chi connectivity index (χ4n) is 2.02. The zero-order chi connectivity index (χ0) is 14.0. The molecule has 2 aromatic rings. The van der Waals surface area contributed by atoms with Gasteiger partial charge in [-0.15, -0.1) is 0 Å². The van der Waals surface area contributed by atoms with Crippen molar-refractivity contribution in [1.82, 2.24) is 14.8 Å². The number of hydrogen-bond acceptors (Lipinski definition) is 3. The third kappa shape index (κ3) is 2.84. The van der Waals surface area contributed by atoms with Gasteiger partial charge in [0.25, 0.3) is 0 Å². The molecule has 102 valence electrons. The normalized spacial score (nSPS) is 12.7. The number of nitrogens with two attached hydrogens (primary N) is 1. The van der Waals surface area contributed by atoms with Crippen LogP contribution in [0.5, 0.6) is 0 Å². The number of pyridine rings is 1. The molecule has 0 aliphatic carbocycles. The molecule has 2 heterocycles. The third-order valence-electron chi connectivity index (χ3n) is 3.05. The van der Waals surface area contributed by atoms with Crippen LogP contribution in [-0.4, -0.2) is 14.8 Å². The van der Waals surface area contributed by atoms with Crippen LogP contribution >= 0.6 is 15.9 Å². The first-order valence-corrected chi connectivity index (χ1v) is 6.90. The second-order valence-corrected chi connectivity index (χ2v) is 5.16. The topological polar surface area (TPSA) is 56.7 Å². The zero-order valence-corrected chi connectivity index (χ0v) is 12.5. The van der Waals surface area contributed by atoms with E-state index in [-0.39, 0.29) is 11.5 Å². The molecule has 0 saturated heterocycles. The molecule has 2 N–H and O–H groups in total. The Morgan fingerprint density at radius 1 is 1.53 bits per heavy atom. The molecule has 1 unspecified atom stereocenters. The maximum Gasteiger partial charge on any atom is 0.146 e. The Morgan fingerprint density at radius 2 is 2.26 bits per heavy atom. The van der Waals surface area contributed by atoms with Gasteiger partial charge in [-0.1, -0.05) is 6.92 Å². The zero-order valence-electron chi connectivity index (χ0n) is 10.9. The van der Waals surface area contributed by atoms with Crippen LogP contribution in [0.2, 0.25) is 0 Å². The Balaban J connectivity index is 2.27. The van der Waals surface area contributed by atoms with Crippen molar-refractivity contribution < 1.29 is 4.39 Å². The summed E-state index contributed by atoms with van der Waals surface area (Å²) in [6.07, 6.45) is 2.87. The number of rotatable bonds is 4. The monoisotopic (exact) mass is 326 g/mol. The van der Waals surface area contributed by atoms with Gasteiger partial charge in [-0.05, 0) is 34.5 Å². The summed E-state index contributed by atoms with van der Waals surface area (Å²) in [5.74, 6) is -0.371. The number of aromatic nitrogens is 3. The van der Waals surface area contributed by atoms with Crippen LogP contribution in [0.1, 0.15) is 30.0 Å². The van der Waals surface area contributed by atoms with E-state index in [1.807, 2.05) is 14.0 Å². The van der Waals surface area contributed by atoms with Crippen LogP contribution in [0.25, 0.3) is 0 Å². The van der Waals surface area contributed by atoms with Crippen LogP contribution < -0.4 is 5.73 Å². The molecule has 4 nitrogen and oxygen atoms in total. The molecule has 0 aliphatic rings. The average Bonchev–Trinajstić information content (AvgIpc) is 2.66.